The molecule has 0 aliphatic heterocycles. The van der Waals surface area contributed by atoms with E-state index in [1.807, 2.05) is 0 Å². The zero-order chi connectivity index (χ0) is 10.6. The molecule has 0 bridgehead atoms. The van der Waals surface area contributed by atoms with E-state index in [0.717, 1.165) is 13.1 Å². The molecule has 0 spiro atoms. The maximum Gasteiger partial charge on any atom is 0.0611 e. The van der Waals surface area contributed by atoms with Crippen LogP contribution in [0.3, 0.4) is 0 Å². The fourth-order valence-corrected chi connectivity index (χ4v) is 1.37. The van der Waals surface area contributed by atoms with E-state index in [4.69, 9.17) is 0 Å². The van der Waals surface area contributed by atoms with Crippen molar-refractivity contribution < 1.29 is 0 Å². The Morgan fingerprint density at radius 1 is 1.07 bits per heavy atom. The molecule has 0 radical (unpaired) electrons. The van der Waals surface area contributed by atoms with Gasteiger partial charge in [-0.15, -0.1) is 0 Å². The Hall–Kier alpha value is -0.590. The van der Waals surface area contributed by atoms with Crippen molar-refractivity contribution in [2.75, 3.05) is 26.2 Å². The summed E-state index contributed by atoms with van der Waals surface area (Å²) >= 11 is 0. The van der Waals surface area contributed by atoms with Crippen LogP contribution in [0.25, 0.3) is 0 Å². The first kappa shape index (κ1) is 13.4. The summed E-state index contributed by atoms with van der Waals surface area (Å²) in [7, 11) is 0. The molecule has 14 heavy (non-hydrogen) atoms. The molecule has 2 heteroatoms. The van der Waals surface area contributed by atoms with Gasteiger partial charge < -0.3 is 4.90 Å². The fraction of sp³-hybridized carbons (Fsp3) is 0.833. The molecule has 0 aliphatic rings. The third-order valence-electron chi connectivity index (χ3n) is 2.30. The summed E-state index contributed by atoms with van der Waals surface area (Å²) in [4.78, 5) is 6.52. The lowest BCUT2D eigenvalue weighted by Crippen LogP contribution is -2.28. The van der Waals surface area contributed by atoms with Crippen molar-refractivity contribution in [2.45, 2.75) is 39.5 Å². The van der Waals surface area contributed by atoms with Gasteiger partial charge >= 0.3 is 0 Å². The average Bonchev–Trinajstić information content (AvgIpc) is 2.21. The van der Waals surface area contributed by atoms with Crippen molar-refractivity contribution >= 4 is 5.87 Å². The molecule has 0 heterocycles. The quantitative estimate of drug-likeness (QED) is 0.518. The molecule has 0 aromatic carbocycles. The number of unbranched alkanes of at least 4 members (excludes halogenated alkanes) is 2. The summed E-state index contributed by atoms with van der Waals surface area (Å²) in [5.41, 5.74) is 0. The second kappa shape index (κ2) is 10.5. The van der Waals surface area contributed by atoms with Crippen molar-refractivity contribution in [1.29, 1.82) is 0 Å². The molecule has 0 fully saturated rings. The molecule has 0 aliphatic carbocycles. The minimum absolute atomic E-state index is 0.844. The van der Waals surface area contributed by atoms with Crippen LogP contribution in [0.2, 0.25) is 0 Å². The van der Waals surface area contributed by atoms with Crippen molar-refractivity contribution in [3.8, 4) is 0 Å². The van der Waals surface area contributed by atoms with E-state index in [9.17, 15) is 0 Å². The SMILES string of the molecule is C=C=NCCN(CCCC)CCCC. The minimum Gasteiger partial charge on any atom is -0.301 e. The van der Waals surface area contributed by atoms with Gasteiger partial charge in [-0.05, 0) is 38.4 Å². The minimum atomic E-state index is 0.844. The number of rotatable bonds is 9. The van der Waals surface area contributed by atoms with Crippen LogP contribution in [0, 0.1) is 0 Å². The molecule has 0 saturated carbocycles. The molecule has 0 N–H and O–H groups in total. The van der Waals surface area contributed by atoms with Crippen LogP contribution in [0.15, 0.2) is 11.6 Å². The van der Waals surface area contributed by atoms with Crippen LogP contribution in [-0.2, 0) is 0 Å². The second-order valence-electron chi connectivity index (χ2n) is 3.59. The summed E-state index contributed by atoms with van der Waals surface area (Å²) in [6.07, 6.45) is 5.13. The molecule has 0 aromatic rings. The largest absolute Gasteiger partial charge is 0.301 e. The predicted molar refractivity (Wildman–Crippen MR) is 64.2 cm³/mol. The van der Waals surface area contributed by atoms with Gasteiger partial charge in [-0.3, -0.25) is 0 Å². The third kappa shape index (κ3) is 8.03. The van der Waals surface area contributed by atoms with Gasteiger partial charge in [0.25, 0.3) is 0 Å². The summed E-state index contributed by atoms with van der Waals surface area (Å²) in [5, 5.41) is 0. The van der Waals surface area contributed by atoms with Crippen LogP contribution in [0.1, 0.15) is 39.5 Å². The zero-order valence-corrected chi connectivity index (χ0v) is 9.76. The molecule has 2 nitrogen and oxygen atoms in total. The first-order chi connectivity index (χ1) is 6.85. The van der Waals surface area contributed by atoms with E-state index in [-0.39, 0.29) is 0 Å². The third-order valence-corrected chi connectivity index (χ3v) is 2.30. The van der Waals surface area contributed by atoms with Gasteiger partial charge in [0, 0.05) is 6.54 Å². The van der Waals surface area contributed by atoms with Crippen LogP contribution in [0.5, 0.6) is 0 Å². The highest BCUT2D eigenvalue weighted by Gasteiger charge is 2.01. The molecule has 0 aromatic heterocycles. The normalized spacial score (nSPS) is 10.2. The standard InChI is InChI=1S/C12H24N2/c1-4-7-10-14(11-8-5-2)12-9-13-6-3/h3-5,7-12H2,1-2H3. The van der Waals surface area contributed by atoms with E-state index in [1.165, 1.54) is 38.8 Å². The van der Waals surface area contributed by atoms with Crippen LogP contribution < -0.4 is 0 Å². The Labute approximate surface area is 88.7 Å². The average molecular weight is 196 g/mol. The Bertz CT molecular complexity index is 152. The molecular formula is C12H24N2. The number of hydrogen-bond donors (Lipinski definition) is 0. The lowest BCUT2D eigenvalue weighted by molar-refractivity contribution is 0.273. The first-order valence-electron chi connectivity index (χ1n) is 5.76. The van der Waals surface area contributed by atoms with E-state index >= 15 is 0 Å². The lowest BCUT2D eigenvalue weighted by Gasteiger charge is -2.20. The summed E-state index contributed by atoms with van der Waals surface area (Å²) < 4.78 is 0. The van der Waals surface area contributed by atoms with Gasteiger partial charge in [-0.2, -0.15) is 0 Å². The van der Waals surface area contributed by atoms with E-state index in [0.29, 0.717) is 0 Å². The molecule has 0 rings (SSSR count). The van der Waals surface area contributed by atoms with E-state index in [1.54, 1.807) is 0 Å². The molecule has 0 saturated heterocycles. The highest BCUT2D eigenvalue weighted by Crippen LogP contribution is 1.98. The van der Waals surface area contributed by atoms with E-state index in [2.05, 4.69) is 36.2 Å². The second-order valence-corrected chi connectivity index (χ2v) is 3.59. The van der Waals surface area contributed by atoms with Crippen molar-refractivity contribution in [1.82, 2.24) is 4.90 Å². The van der Waals surface area contributed by atoms with Crippen LogP contribution >= 0.6 is 0 Å². The highest BCUT2D eigenvalue weighted by atomic mass is 15.1. The lowest BCUT2D eigenvalue weighted by atomic mass is 10.2. The molecular weight excluding hydrogens is 172 g/mol. The molecule has 0 amide bonds. The Kier molecular flexibility index (Phi) is 10.0. The Morgan fingerprint density at radius 3 is 2.07 bits per heavy atom. The Morgan fingerprint density at radius 2 is 1.64 bits per heavy atom. The van der Waals surface area contributed by atoms with Crippen molar-refractivity contribution in [3.05, 3.63) is 6.58 Å². The van der Waals surface area contributed by atoms with Gasteiger partial charge in [0.05, 0.1) is 6.54 Å². The summed E-state index contributed by atoms with van der Waals surface area (Å²) in [6.45, 7) is 12.3. The van der Waals surface area contributed by atoms with Gasteiger partial charge in [0.2, 0.25) is 0 Å². The van der Waals surface area contributed by atoms with Crippen LogP contribution in [0.4, 0.5) is 0 Å². The van der Waals surface area contributed by atoms with Crippen molar-refractivity contribution in [2.24, 2.45) is 4.99 Å². The summed E-state index contributed by atoms with van der Waals surface area (Å²) in [5.74, 6) is 2.58. The van der Waals surface area contributed by atoms with Crippen molar-refractivity contribution in [3.63, 3.8) is 0 Å². The van der Waals surface area contributed by atoms with E-state index < -0.39 is 0 Å². The zero-order valence-electron chi connectivity index (χ0n) is 9.76. The van der Waals surface area contributed by atoms with Gasteiger partial charge in [-0.1, -0.05) is 26.7 Å². The maximum absolute atomic E-state index is 4.02. The smallest absolute Gasteiger partial charge is 0.0611 e. The highest BCUT2D eigenvalue weighted by molar-refractivity contribution is 5.46. The monoisotopic (exact) mass is 196 g/mol. The van der Waals surface area contributed by atoms with Gasteiger partial charge in [-0.25, -0.2) is 4.99 Å². The molecule has 0 atom stereocenters. The Balaban J connectivity index is 3.65. The molecule has 0 unspecified atom stereocenters. The van der Waals surface area contributed by atoms with Crippen LogP contribution in [-0.4, -0.2) is 36.9 Å². The first-order valence-corrected chi connectivity index (χ1v) is 5.76. The number of hydrogen-bond acceptors (Lipinski definition) is 2. The number of aliphatic imine (C=N–C) groups is 1. The number of nitrogens with zero attached hydrogens (tertiary/aromatic N) is 2. The summed E-state index contributed by atoms with van der Waals surface area (Å²) in [6, 6.07) is 0. The van der Waals surface area contributed by atoms with Gasteiger partial charge in [0.15, 0.2) is 0 Å². The molecule has 82 valence electrons. The fourth-order valence-electron chi connectivity index (χ4n) is 1.37. The van der Waals surface area contributed by atoms with Gasteiger partial charge in [0.1, 0.15) is 0 Å². The maximum atomic E-state index is 4.02. The topological polar surface area (TPSA) is 15.6 Å². The predicted octanol–water partition coefficient (Wildman–Crippen LogP) is 2.74.